The minimum atomic E-state index is -0.247. The molecule has 1 aromatic rings. The molecule has 0 saturated heterocycles. The van der Waals surface area contributed by atoms with Crippen LogP contribution in [-0.4, -0.2) is 35.6 Å². The van der Waals surface area contributed by atoms with Gasteiger partial charge in [0.1, 0.15) is 11.5 Å². The van der Waals surface area contributed by atoms with Gasteiger partial charge in [-0.05, 0) is 32.4 Å². The quantitative estimate of drug-likeness (QED) is 0.895. The van der Waals surface area contributed by atoms with Gasteiger partial charge in [0.2, 0.25) is 0 Å². The molecule has 100 valence electrons. The SMILES string of the molecule is CCC(C)(C)N(C)C(=O)c1ccc(OC)cc1O. The zero-order valence-electron chi connectivity index (χ0n) is 11.7. The van der Waals surface area contributed by atoms with Gasteiger partial charge in [-0.15, -0.1) is 0 Å². The normalized spacial score (nSPS) is 11.2. The highest BCUT2D eigenvalue weighted by Gasteiger charge is 2.27. The molecule has 0 aliphatic heterocycles. The first-order chi connectivity index (χ1) is 8.33. The molecule has 1 N–H and O–H groups in total. The number of phenolic OH excluding ortho intramolecular Hbond substituents is 1. The summed E-state index contributed by atoms with van der Waals surface area (Å²) in [5.74, 6) is 0.279. The summed E-state index contributed by atoms with van der Waals surface area (Å²) in [6.07, 6.45) is 0.839. The Balaban J connectivity index is 3.04. The van der Waals surface area contributed by atoms with Crippen molar-refractivity contribution in [3.05, 3.63) is 23.8 Å². The Bertz CT molecular complexity index is 441. The van der Waals surface area contributed by atoms with Gasteiger partial charge in [0, 0.05) is 18.7 Å². The molecule has 18 heavy (non-hydrogen) atoms. The van der Waals surface area contributed by atoms with Crippen molar-refractivity contribution >= 4 is 5.91 Å². The van der Waals surface area contributed by atoms with E-state index in [0.29, 0.717) is 11.3 Å². The summed E-state index contributed by atoms with van der Waals surface area (Å²) < 4.78 is 4.99. The number of carbonyl (C=O) groups is 1. The van der Waals surface area contributed by atoms with E-state index >= 15 is 0 Å². The summed E-state index contributed by atoms with van der Waals surface area (Å²) >= 11 is 0. The minimum absolute atomic E-state index is 0.0573. The Morgan fingerprint density at radius 2 is 2.06 bits per heavy atom. The fourth-order valence-electron chi connectivity index (χ4n) is 1.51. The van der Waals surface area contributed by atoms with Crippen molar-refractivity contribution in [1.29, 1.82) is 0 Å². The van der Waals surface area contributed by atoms with E-state index in [1.165, 1.54) is 13.2 Å². The smallest absolute Gasteiger partial charge is 0.257 e. The van der Waals surface area contributed by atoms with Crippen LogP contribution in [0.15, 0.2) is 18.2 Å². The predicted octanol–water partition coefficient (Wildman–Crippen LogP) is 2.66. The van der Waals surface area contributed by atoms with Crippen LogP contribution < -0.4 is 4.74 Å². The Labute approximate surface area is 108 Å². The summed E-state index contributed by atoms with van der Waals surface area (Å²) in [7, 11) is 3.26. The average Bonchev–Trinajstić information content (AvgIpc) is 2.36. The molecule has 0 spiro atoms. The number of aromatic hydroxyl groups is 1. The monoisotopic (exact) mass is 251 g/mol. The van der Waals surface area contributed by atoms with Gasteiger partial charge in [-0.25, -0.2) is 0 Å². The highest BCUT2D eigenvalue weighted by molar-refractivity contribution is 5.97. The highest BCUT2D eigenvalue weighted by Crippen LogP contribution is 2.27. The Kier molecular flexibility index (Phi) is 4.22. The van der Waals surface area contributed by atoms with Gasteiger partial charge in [0.15, 0.2) is 0 Å². The van der Waals surface area contributed by atoms with Crippen molar-refractivity contribution in [1.82, 2.24) is 4.90 Å². The first-order valence-corrected chi connectivity index (χ1v) is 5.98. The summed E-state index contributed by atoms with van der Waals surface area (Å²) in [6, 6.07) is 4.69. The number of rotatable bonds is 4. The lowest BCUT2D eigenvalue weighted by Gasteiger charge is -2.35. The van der Waals surface area contributed by atoms with Gasteiger partial charge in [0.05, 0.1) is 12.7 Å². The van der Waals surface area contributed by atoms with E-state index < -0.39 is 0 Å². The van der Waals surface area contributed by atoms with Gasteiger partial charge in [-0.2, -0.15) is 0 Å². The molecule has 0 unspecified atom stereocenters. The Morgan fingerprint density at radius 1 is 1.44 bits per heavy atom. The first-order valence-electron chi connectivity index (χ1n) is 5.98. The summed E-state index contributed by atoms with van der Waals surface area (Å²) in [5.41, 5.74) is 0.0449. The van der Waals surface area contributed by atoms with Crippen LogP contribution in [0.5, 0.6) is 11.5 Å². The van der Waals surface area contributed by atoms with Crippen LogP contribution in [0.1, 0.15) is 37.6 Å². The van der Waals surface area contributed by atoms with E-state index in [1.54, 1.807) is 24.1 Å². The minimum Gasteiger partial charge on any atom is -0.507 e. The molecule has 0 atom stereocenters. The van der Waals surface area contributed by atoms with Crippen molar-refractivity contribution in [2.45, 2.75) is 32.7 Å². The summed E-state index contributed by atoms with van der Waals surface area (Å²) in [5, 5.41) is 9.85. The molecule has 1 amide bonds. The van der Waals surface area contributed by atoms with Crippen molar-refractivity contribution in [3.63, 3.8) is 0 Å². The van der Waals surface area contributed by atoms with Crippen molar-refractivity contribution in [2.75, 3.05) is 14.2 Å². The molecule has 0 saturated carbocycles. The molecule has 1 rings (SSSR count). The summed E-state index contributed by atoms with van der Waals surface area (Å²) in [6.45, 7) is 6.01. The average molecular weight is 251 g/mol. The first kappa shape index (κ1) is 14.4. The highest BCUT2D eigenvalue weighted by atomic mass is 16.5. The van der Waals surface area contributed by atoms with E-state index in [-0.39, 0.29) is 17.2 Å². The van der Waals surface area contributed by atoms with Crippen LogP contribution in [0.4, 0.5) is 0 Å². The number of benzene rings is 1. The fourth-order valence-corrected chi connectivity index (χ4v) is 1.51. The maximum atomic E-state index is 12.3. The van der Waals surface area contributed by atoms with Crippen LogP contribution in [0.2, 0.25) is 0 Å². The molecule has 4 heteroatoms. The molecular weight excluding hydrogens is 230 g/mol. The van der Waals surface area contributed by atoms with Crippen LogP contribution in [0, 0.1) is 0 Å². The van der Waals surface area contributed by atoms with E-state index in [1.807, 2.05) is 20.8 Å². The number of phenols is 1. The molecule has 0 bridgehead atoms. The zero-order valence-corrected chi connectivity index (χ0v) is 11.7. The van der Waals surface area contributed by atoms with Gasteiger partial charge < -0.3 is 14.7 Å². The largest absolute Gasteiger partial charge is 0.507 e. The van der Waals surface area contributed by atoms with Crippen LogP contribution in [-0.2, 0) is 0 Å². The maximum Gasteiger partial charge on any atom is 0.257 e. The van der Waals surface area contributed by atoms with Crippen molar-refractivity contribution < 1.29 is 14.6 Å². The lowest BCUT2D eigenvalue weighted by atomic mass is 9.98. The second-order valence-corrected chi connectivity index (χ2v) is 4.91. The predicted molar refractivity (Wildman–Crippen MR) is 71.1 cm³/mol. The zero-order chi connectivity index (χ0) is 13.9. The Hall–Kier alpha value is -1.71. The topological polar surface area (TPSA) is 49.8 Å². The molecule has 4 nitrogen and oxygen atoms in total. The van der Waals surface area contributed by atoms with E-state index in [4.69, 9.17) is 4.74 Å². The lowest BCUT2D eigenvalue weighted by molar-refractivity contribution is 0.0617. The van der Waals surface area contributed by atoms with Gasteiger partial charge in [-0.1, -0.05) is 6.92 Å². The molecular formula is C14H21NO3. The van der Waals surface area contributed by atoms with Crippen LogP contribution in [0.25, 0.3) is 0 Å². The second-order valence-electron chi connectivity index (χ2n) is 4.91. The number of nitrogens with zero attached hydrogens (tertiary/aromatic N) is 1. The third-order valence-electron chi connectivity index (χ3n) is 3.51. The second kappa shape index (κ2) is 5.29. The molecule has 0 aromatic heterocycles. The fraction of sp³-hybridized carbons (Fsp3) is 0.500. The van der Waals surface area contributed by atoms with Gasteiger partial charge >= 0.3 is 0 Å². The van der Waals surface area contributed by atoms with E-state index in [0.717, 1.165) is 6.42 Å². The van der Waals surface area contributed by atoms with Crippen molar-refractivity contribution in [3.8, 4) is 11.5 Å². The molecule has 0 radical (unpaired) electrons. The Morgan fingerprint density at radius 3 is 2.50 bits per heavy atom. The molecule has 0 fully saturated rings. The molecule has 0 heterocycles. The standard InChI is InChI=1S/C14H21NO3/c1-6-14(2,3)15(4)13(17)11-8-7-10(18-5)9-12(11)16/h7-9,16H,6H2,1-5H3. The molecule has 0 aliphatic carbocycles. The number of methoxy groups -OCH3 is 1. The molecule has 1 aromatic carbocycles. The van der Waals surface area contributed by atoms with Crippen molar-refractivity contribution in [2.24, 2.45) is 0 Å². The number of hydrogen-bond donors (Lipinski definition) is 1. The number of amides is 1. The van der Waals surface area contributed by atoms with E-state index in [2.05, 4.69) is 0 Å². The van der Waals surface area contributed by atoms with Gasteiger partial charge in [-0.3, -0.25) is 4.79 Å². The van der Waals surface area contributed by atoms with Crippen LogP contribution in [0.3, 0.4) is 0 Å². The third kappa shape index (κ3) is 2.75. The van der Waals surface area contributed by atoms with Gasteiger partial charge in [0.25, 0.3) is 5.91 Å². The lowest BCUT2D eigenvalue weighted by Crippen LogP contribution is -2.44. The summed E-state index contributed by atoms with van der Waals surface area (Å²) in [4.78, 5) is 13.9. The number of hydrogen-bond acceptors (Lipinski definition) is 3. The van der Waals surface area contributed by atoms with E-state index in [9.17, 15) is 9.90 Å². The number of carbonyl (C=O) groups excluding carboxylic acids is 1. The van der Waals surface area contributed by atoms with Crippen LogP contribution >= 0.6 is 0 Å². The maximum absolute atomic E-state index is 12.3. The third-order valence-corrected chi connectivity index (χ3v) is 3.51. The molecule has 0 aliphatic rings. The number of ether oxygens (including phenoxy) is 1.